The van der Waals surface area contributed by atoms with Crippen LogP contribution in [0.2, 0.25) is 0 Å². The lowest BCUT2D eigenvalue weighted by molar-refractivity contribution is -0.306. The lowest BCUT2D eigenvalue weighted by atomic mass is 10.1. The number of allylic oxidation sites excluding steroid dienone is 4. The van der Waals surface area contributed by atoms with Crippen molar-refractivity contribution in [1.82, 2.24) is 30.2 Å². The van der Waals surface area contributed by atoms with Crippen molar-refractivity contribution in [3.8, 4) is 0 Å². The maximum Gasteiger partial charge on any atom is 0.572 e. The highest BCUT2D eigenvalue weighted by Gasteiger charge is 2.33. The molecule has 2 aromatic heterocycles. The summed E-state index contributed by atoms with van der Waals surface area (Å²) >= 11 is 0. The summed E-state index contributed by atoms with van der Waals surface area (Å²) in [6, 6.07) is 3.02. The van der Waals surface area contributed by atoms with Gasteiger partial charge in [-0.1, -0.05) is 17.4 Å². The van der Waals surface area contributed by atoms with Gasteiger partial charge in [-0.25, -0.2) is 9.67 Å². The van der Waals surface area contributed by atoms with Gasteiger partial charge in [-0.3, -0.25) is 9.69 Å². The number of hydrogen-bond donors (Lipinski definition) is 2. The molecule has 0 radical (unpaired) electrons. The first-order chi connectivity index (χ1) is 14.4. The smallest absolute Gasteiger partial charge is 0.410 e. The Bertz CT molecular complexity index is 986. The van der Waals surface area contributed by atoms with Gasteiger partial charge in [-0.15, -0.1) is 18.3 Å². The second-order valence-electron chi connectivity index (χ2n) is 6.96. The van der Waals surface area contributed by atoms with Crippen molar-refractivity contribution < 1.29 is 22.7 Å². The number of amides is 1. The third-order valence-electron chi connectivity index (χ3n) is 4.76. The van der Waals surface area contributed by atoms with Crippen LogP contribution in [0.1, 0.15) is 12.5 Å². The first-order valence-corrected chi connectivity index (χ1v) is 9.45. The lowest BCUT2D eigenvalue weighted by Gasteiger charge is -2.26. The molecular weight excluding hydrogens is 403 g/mol. The summed E-state index contributed by atoms with van der Waals surface area (Å²) in [5.74, 6) is 0.410. The van der Waals surface area contributed by atoms with Crippen molar-refractivity contribution in [3.05, 3.63) is 36.1 Å². The highest BCUT2D eigenvalue weighted by Crippen LogP contribution is 2.30. The lowest BCUT2D eigenvalue weighted by Crippen LogP contribution is -2.48. The largest absolute Gasteiger partial charge is 0.572 e. The normalized spacial score (nSPS) is 20.2. The number of alkyl halides is 3. The Labute approximate surface area is 169 Å². The van der Waals surface area contributed by atoms with Crippen LogP contribution in [-0.2, 0) is 9.53 Å². The number of ether oxygens (including phenoxy) is 1. The van der Waals surface area contributed by atoms with Crippen LogP contribution in [0.5, 0.6) is 0 Å². The Morgan fingerprint density at radius 3 is 3.00 bits per heavy atom. The fourth-order valence-corrected chi connectivity index (χ4v) is 3.40. The van der Waals surface area contributed by atoms with Gasteiger partial charge in [0.1, 0.15) is 17.1 Å². The number of carbonyl (C=O) groups excluding carboxylic acids is 1. The minimum Gasteiger partial charge on any atom is -0.410 e. The third kappa shape index (κ3) is 4.87. The first kappa shape index (κ1) is 20.1. The van der Waals surface area contributed by atoms with E-state index >= 15 is 0 Å². The van der Waals surface area contributed by atoms with Crippen LogP contribution in [0, 0.1) is 0 Å². The van der Waals surface area contributed by atoms with Crippen LogP contribution in [0.15, 0.2) is 36.1 Å². The van der Waals surface area contributed by atoms with Gasteiger partial charge < -0.3 is 15.4 Å². The molecule has 9 nitrogen and oxygen atoms in total. The van der Waals surface area contributed by atoms with Crippen molar-refractivity contribution >= 4 is 22.9 Å². The Hall–Kier alpha value is -3.15. The quantitative estimate of drug-likeness (QED) is 0.728. The third-order valence-corrected chi connectivity index (χ3v) is 4.76. The Morgan fingerprint density at radius 2 is 2.20 bits per heavy atom. The zero-order valence-electron chi connectivity index (χ0n) is 15.9. The number of carbonyl (C=O) groups is 1. The van der Waals surface area contributed by atoms with Gasteiger partial charge in [0.2, 0.25) is 5.91 Å². The van der Waals surface area contributed by atoms with E-state index in [9.17, 15) is 18.0 Å². The number of nitrogens with one attached hydrogen (secondary N) is 2. The van der Waals surface area contributed by atoms with Crippen molar-refractivity contribution in [1.29, 1.82) is 0 Å². The van der Waals surface area contributed by atoms with Crippen LogP contribution >= 0.6 is 0 Å². The second-order valence-corrected chi connectivity index (χ2v) is 6.96. The Morgan fingerprint density at radius 1 is 1.33 bits per heavy atom. The molecule has 2 aromatic rings. The van der Waals surface area contributed by atoms with E-state index in [1.54, 1.807) is 18.2 Å². The molecule has 0 saturated carbocycles. The van der Waals surface area contributed by atoms with Crippen molar-refractivity contribution in [3.63, 3.8) is 0 Å². The fourth-order valence-electron chi connectivity index (χ4n) is 3.40. The van der Waals surface area contributed by atoms with E-state index in [0.29, 0.717) is 43.2 Å². The molecule has 1 atom stereocenters. The summed E-state index contributed by atoms with van der Waals surface area (Å²) in [4.78, 5) is 18.0. The van der Waals surface area contributed by atoms with Crippen molar-refractivity contribution in [2.45, 2.75) is 18.8 Å². The number of pyridine rings is 1. The highest BCUT2D eigenvalue weighted by atomic mass is 19.4. The van der Waals surface area contributed by atoms with Gasteiger partial charge in [0.05, 0.1) is 12.6 Å². The monoisotopic (exact) mass is 423 g/mol. The molecule has 12 heteroatoms. The fraction of sp³-hybridized carbons (Fsp3) is 0.444. The molecule has 2 aliphatic rings. The SMILES string of the molecule is O=C1CN(CCNc2ccc3nnn(C4C=CC=C(OC(F)(F)F)C4)c3n2)CCN1. The van der Waals surface area contributed by atoms with Gasteiger partial charge in [0.15, 0.2) is 5.65 Å². The van der Waals surface area contributed by atoms with Gasteiger partial charge in [0.25, 0.3) is 0 Å². The molecule has 1 aliphatic heterocycles. The number of hydrogen-bond acceptors (Lipinski definition) is 7. The van der Waals surface area contributed by atoms with Gasteiger partial charge in [-0.05, 0) is 18.2 Å². The summed E-state index contributed by atoms with van der Waals surface area (Å²) < 4.78 is 43.1. The average molecular weight is 423 g/mol. The molecule has 0 aromatic carbocycles. The van der Waals surface area contributed by atoms with E-state index in [2.05, 4.69) is 30.7 Å². The first-order valence-electron chi connectivity index (χ1n) is 9.45. The standard InChI is InChI=1S/C18H20F3N7O2/c19-18(20,21)30-13-3-1-2-12(10-13)28-17-14(25-26-28)4-5-15(24-17)22-6-8-27-9-7-23-16(29)11-27/h1-5,12H,6-11H2,(H,22,24)(H,23,29). The van der Waals surface area contributed by atoms with Crippen molar-refractivity contribution in [2.24, 2.45) is 0 Å². The maximum absolute atomic E-state index is 12.5. The number of aromatic nitrogens is 4. The molecule has 30 heavy (non-hydrogen) atoms. The molecule has 1 fully saturated rings. The minimum atomic E-state index is -4.74. The molecule has 0 spiro atoms. The number of anilines is 1. The zero-order valence-corrected chi connectivity index (χ0v) is 15.9. The molecule has 4 rings (SSSR count). The molecule has 1 aliphatic carbocycles. The van der Waals surface area contributed by atoms with E-state index in [4.69, 9.17) is 0 Å². The van der Waals surface area contributed by atoms with Crippen LogP contribution < -0.4 is 10.6 Å². The number of fused-ring (bicyclic) bond motifs is 1. The van der Waals surface area contributed by atoms with E-state index in [-0.39, 0.29) is 18.1 Å². The number of halogens is 3. The summed E-state index contributed by atoms with van der Waals surface area (Å²) in [7, 11) is 0. The second kappa shape index (κ2) is 8.30. The van der Waals surface area contributed by atoms with Crippen LogP contribution in [0.4, 0.5) is 19.0 Å². The number of nitrogens with zero attached hydrogens (tertiary/aromatic N) is 5. The number of rotatable bonds is 6. The van der Waals surface area contributed by atoms with Crippen LogP contribution in [-0.4, -0.2) is 69.9 Å². The molecule has 1 unspecified atom stereocenters. The van der Waals surface area contributed by atoms with Crippen LogP contribution in [0.3, 0.4) is 0 Å². The predicted octanol–water partition coefficient (Wildman–Crippen LogP) is 1.59. The maximum atomic E-state index is 12.5. The molecule has 0 bridgehead atoms. The topological polar surface area (TPSA) is 97.2 Å². The predicted molar refractivity (Wildman–Crippen MR) is 101 cm³/mol. The molecule has 1 amide bonds. The van der Waals surface area contributed by atoms with Crippen molar-refractivity contribution in [2.75, 3.05) is 38.0 Å². The van der Waals surface area contributed by atoms with Gasteiger partial charge >= 0.3 is 6.36 Å². The summed E-state index contributed by atoms with van der Waals surface area (Å²) in [6.07, 6.45) is -0.244. The Kier molecular flexibility index (Phi) is 5.57. The van der Waals surface area contributed by atoms with E-state index in [0.717, 1.165) is 6.54 Å². The molecule has 160 valence electrons. The summed E-state index contributed by atoms with van der Waals surface area (Å²) in [5, 5.41) is 14.1. The molecular formula is C18H20F3N7O2. The van der Waals surface area contributed by atoms with E-state index < -0.39 is 12.4 Å². The Balaban J connectivity index is 1.42. The van der Waals surface area contributed by atoms with Gasteiger partial charge in [-0.2, -0.15) is 0 Å². The van der Waals surface area contributed by atoms with E-state index in [1.807, 2.05) is 4.90 Å². The van der Waals surface area contributed by atoms with Crippen LogP contribution in [0.25, 0.3) is 11.2 Å². The molecule has 2 N–H and O–H groups in total. The van der Waals surface area contributed by atoms with Gasteiger partial charge in [0, 0.05) is 32.6 Å². The summed E-state index contributed by atoms with van der Waals surface area (Å²) in [5.41, 5.74) is 0.995. The summed E-state index contributed by atoms with van der Waals surface area (Å²) in [6.45, 7) is 3.06. The van der Waals surface area contributed by atoms with E-state index in [1.165, 1.54) is 16.8 Å². The zero-order chi connectivity index (χ0) is 21.1. The minimum absolute atomic E-state index is 0.00910. The number of piperazine rings is 1. The average Bonchev–Trinajstić information content (AvgIpc) is 3.10. The molecule has 3 heterocycles. The highest BCUT2D eigenvalue weighted by molar-refractivity contribution is 5.78. The molecule has 1 saturated heterocycles.